The second kappa shape index (κ2) is 5.22. The van der Waals surface area contributed by atoms with Gasteiger partial charge in [0.1, 0.15) is 6.04 Å². The fourth-order valence-electron chi connectivity index (χ4n) is 2.30. The summed E-state index contributed by atoms with van der Waals surface area (Å²) < 4.78 is 1.76. The van der Waals surface area contributed by atoms with Gasteiger partial charge in [-0.05, 0) is 12.8 Å². The second-order valence-corrected chi connectivity index (χ2v) is 5.10. The van der Waals surface area contributed by atoms with Gasteiger partial charge < -0.3 is 14.6 Å². The molecule has 2 amide bonds. The van der Waals surface area contributed by atoms with Crippen molar-refractivity contribution in [3.8, 4) is 0 Å². The third-order valence-corrected chi connectivity index (χ3v) is 3.73. The molecule has 1 heterocycles. The molecule has 1 aromatic heterocycles. The fraction of sp³-hybridized carbons (Fsp3) is 0.583. The first-order valence-corrected chi connectivity index (χ1v) is 6.27. The summed E-state index contributed by atoms with van der Waals surface area (Å²) in [4.78, 5) is 29.4. The highest BCUT2D eigenvalue weighted by molar-refractivity contribution is 5.94. The molecule has 0 aliphatic heterocycles. The summed E-state index contributed by atoms with van der Waals surface area (Å²) in [6.45, 7) is -0.563. The number of rotatable bonds is 5. The number of amides is 2. The van der Waals surface area contributed by atoms with E-state index in [1.165, 1.54) is 12.5 Å². The molecule has 8 nitrogen and oxygen atoms in total. The van der Waals surface area contributed by atoms with Gasteiger partial charge in [0.15, 0.2) is 0 Å². The van der Waals surface area contributed by atoms with Crippen LogP contribution in [0.3, 0.4) is 0 Å². The van der Waals surface area contributed by atoms with E-state index in [2.05, 4.69) is 4.98 Å². The highest BCUT2D eigenvalue weighted by Crippen LogP contribution is 2.48. The number of aryl methyl sites for hydroxylation is 1. The lowest BCUT2D eigenvalue weighted by molar-refractivity contribution is -0.146. The zero-order valence-electron chi connectivity index (χ0n) is 11.4. The third-order valence-electron chi connectivity index (χ3n) is 3.73. The van der Waals surface area contributed by atoms with Crippen molar-refractivity contribution >= 4 is 11.8 Å². The van der Waals surface area contributed by atoms with E-state index in [1.54, 1.807) is 17.1 Å². The van der Waals surface area contributed by atoms with Crippen LogP contribution in [0.5, 0.6) is 0 Å². The Kier molecular flexibility index (Phi) is 3.78. The summed E-state index contributed by atoms with van der Waals surface area (Å²) in [5, 5.41) is 17.9. The number of hydrogen-bond donors (Lipinski definition) is 3. The van der Waals surface area contributed by atoms with Gasteiger partial charge in [-0.25, -0.2) is 10.5 Å². The normalized spacial score (nSPS) is 17.4. The van der Waals surface area contributed by atoms with Crippen LogP contribution < -0.4 is 5.48 Å². The van der Waals surface area contributed by atoms with Crippen molar-refractivity contribution in [2.45, 2.75) is 24.3 Å². The van der Waals surface area contributed by atoms with Crippen LogP contribution >= 0.6 is 0 Å². The lowest BCUT2D eigenvalue weighted by Crippen LogP contribution is -2.52. The number of nitrogens with zero attached hydrogens (tertiary/aromatic N) is 3. The lowest BCUT2D eigenvalue weighted by atomic mass is 10.0. The van der Waals surface area contributed by atoms with Crippen LogP contribution in [0, 0.1) is 0 Å². The smallest absolute Gasteiger partial charge is 0.268 e. The summed E-state index contributed by atoms with van der Waals surface area (Å²) in [6.07, 6.45) is 4.71. The Labute approximate surface area is 116 Å². The van der Waals surface area contributed by atoms with E-state index in [9.17, 15) is 14.7 Å². The molecule has 0 radical (unpaired) electrons. The molecule has 110 valence electrons. The molecule has 1 fully saturated rings. The average molecular weight is 282 g/mol. The third kappa shape index (κ3) is 2.27. The minimum absolute atomic E-state index is 0.279. The van der Waals surface area contributed by atoms with E-state index in [4.69, 9.17) is 5.21 Å². The summed E-state index contributed by atoms with van der Waals surface area (Å²) in [6, 6.07) is -1.12. The van der Waals surface area contributed by atoms with Crippen LogP contribution in [0.2, 0.25) is 0 Å². The number of imidazole rings is 1. The Bertz CT molecular complexity index is 523. The molecule has 1 aliphatic rings. The Morgan fingerprint density at radius 2 is 2.25 bits per heavy atom. The first-order chi connectivity index (χ1) is 9.46. The zero-order valence-corrected chi connectivity index (χ0v) is 11.4. The van der Waals surface area contributed by atoms with Gasteiger partial charge in [0.05, 0.1) is 24.0 Å². The van der Waals surface area contributed by atoms with Gasteiger partial charge in [0.25, 0.3) is 5.91 Å². The predicted molar refractivity (Wildman–Crippen MR) is 67.7 cm³/mol. The SMILES string of the molecule is CN(C(=O)C1(c2cn(C)cn2)CC1)[C@H](CO)C(=O)NO. The number of carbonyl (C=O) groups excluding carboxylic acids is 2. The van der Waals surface area contributed by atoms with E-state index in [1.807, 2.05) is 7.05 Å². The number of aliphatic hydroxyl groups is 1. The molecule has 1 aromatic rings. The molecule has 20 heavy (non-hydrogen) atoms. The van der Waals surface area contributed by atoms with Crippen LogP contribution in [-0.4, -0.2) is 56.3 Å². The van der Waals surface area contributed by atoms with Crippen molar-refractivity contribution in [2.75, 3.05) is 13.7 Å². The number of nitrogens with one attached hydrogen (secondary N) is 1. The van der Waals surface area contributed by atoms with Gasteiger partial charge in [0, 0.05) is 20.3 Å². The van der Waals surface area contributed by atoms with E-state index in [-0.39, 0.29) is 5.91 Å². The predicted octanol–water partition coefficient (Wildman–Crippen LogP) is -1.22. The van der Waals surface area contributed by atoms with Gasteiger partial charge in [-0.3, -0.25) is 14.8 Å². The van der Waals surface area contributed by atoms with Crippen molar-refractivity contribution in [1.29, 1.82) is 0 Å². The van der Waals surface area contributed by atoms with Crippen LogP contribution in [0.4, 0.5) is 0 Å². The molecule has 2 rings (SSSR count). The van der Waals surface area contributed by atoms with Crippen molar-refractivity contribution in [1.82, 2.24) is 19.9 Å². The molecule has 0 saturated heterocycles. The Morgan fingerprint density at radius 3 is 2.65 bits per heavy atom. The van der Waals surface area contributed by atoms with Crippen LogP contribution in [0.1, 0.15) is 18.5 Å². The number of aromatic nitrogens is 2. The molecule has 1 aliphatic carbocycles. The maximum absolute atomic E-state index is 12.6. The molecule has 3 N–H and O–H groups in total. The molecule has 0 unspecified atom stereocenters. The van der Waals surface area contributed by atoms with E-state index < -0.39 is 24.0 Å². The quantitative estimate of drug-likeness (QED) is 0.463. The summed E-state index contributed by atoms with van der Waals surface area (Å²) in [7, 11) is 3.25. The van der Waals surface area contributed by atoms with Crippen LogP contribution in [0.25, 0.3) is 0 Å². The van der Waals surface area contributed by atoms with E-state index >= 15 is 0 Å². The number of hydrogen-bond acceptors (Lipinski definition) is 5. The van der Waals surface area contributed by atoms with Gasteiger partial charge in [-0.1, -0.05) is 0 Å². The molecule has 8 heteroatoms. The van der Waals surface area contributed by atoms with Gasteiger partial charge in [0.2, 0.25) is 5.91 Å². The van der Waals surface area contributed by atoms with Crippen LogP contribution in [-0.2, 0) is 22.1 Å². The summed E-state index contributed by atoms with van der Waals surface area (Å²) in [5.41, 5.74) is 1.41. The monoisotopic (exact) mass is 282 g/mol. The van der Waals surface area contributed by atoms with Crippen molar-refractivity contribution < 1.29 is 19.9 Å². The highest BCUT2D eigenvalue weighted by Gasteiger charge is 2.55. The molecule has 0 aromatic carbocycles. The Hall–Kier alpha value is -1.93. The van der Waals surface area contributed by atoms with E-state index in [0.717, 1.165) is 4.90 Å². The minimum atomic E-state index is -1.12. The molecular weight excluding hydrogens is 264 g/mol. The van der Waals surface area contributed by atoms with Gasteiger partial charge in [-0.15, -0.1) is 0 Å². The lowest BCUT2D eigenvalue weighted by Gasteiger charge is -2.28. The number of likely N-dealkylation sites (N-methyl/N-ethyl adjacent to an activating group) is 1. The number of aliphatic hydroxyl groups excluding tert-OH is 1. The standard InChI is InChI=1S/C12H18N4O4/c1-15-5-9(13-7-15)12(3-4-12)11(19)16(2)8(6-17)10(18)14-20/h5,7-8,17,20H,3-4,6H2,1-2H3,(H,14,18)/t8-/m1/s1. The first-order valence-electron chi connectivity index (χ1n) is 6.27. The highest BCUT2D eigenvalue weighted by atomic mass is 16.5. The number of carbonyl (C=O) groups is 2. The molecule has 0 bridgehead atoms. The molecular formula is C12H18N4O4. The largest absolute Gasteiger partial charge is 0.394 e. The van der Waals surface area contributed by atoms with Crippen molar-refractivity contribution in [3.63, 3.8) is 0 Å². The second-order valence-electron chi connectivity index (χ2n) is 5.10. The maximum Gasteiger partial charge on any atom is 0.268 e. The fourth-order valence-corrected chi connectivity index (χ4v) is 2.30. The maximum atomic E-state index is 12.6. The Morgan fingerprint density at radius 1 is 1.60 bits per heavy atom. The van der Waals surface area contributed by atoms with E-state index in [0.29, 0.717) is 18.5 Å². The minimum Gasteiger partial charge on any atom is -0.394 e. The zero-order chi connectivity index (χ0) is 14.9. The Balaban J connectivity index is 2.20. The van der Waals surface area contributed by atoms with Crippen molar-refractivity contribution in [3.05, 3.63) is 18.2 Å². The number of hydroxylamine groups is 1. The average Bonchev–Trinajstić information content (AvgIpc) is 3.14. The summed E-state index contributed by atoms with van der Waals surface area (Å²) >= 11 is 0. The topological polar surface area (TPSA) is 108 Å². The van der Waals surface area contributed by atoms with Gasteiger partial charge in [-0.2, -0.15) is 0 Å². The summed E-state index contributed by atoms with van der Waals surface area (Å²) in [5.74, 6) is -1.10. The molecule has 1 saturated carbocycles. The van der Waals surface area contributed by atoms with Crippen molar-refractivity contribution in [2.24, 2.45) is 7.05 Å². The molecule has 1 atom stereocenters. The van der Waals surface area contributed by atoms with Crippen LogP contribution in [0.15, 0.2) is 12.5 Å². The molecule has 0 spiro atoms. The van der Waals surface area contributed by atoms with Gasteiger partial charge >= 0.3 is 0 Å². The first kappa shape index (κ1) is 14.5.